The van der Waals surface area contributed by atoms with Gasteiger partial charge in [0.2, 0.25) is 0 Å². The van der Waals surface area contributed by atoms with Gasteiger partial charge in [-0.3, -0.25) is 4.79 Å². The summed E-state index contributed by atoms with van der Waals surface area (Å²) in [6.45, 7) is 6.63. The van der Waals surface area contributed by atoms with Crippen LogP contribution in [0, 0.1) is 6.92 Å². The van der Waals surface area contributed by atoms with Crippen LogP contribution >= 0.6 is 11.3 Å². The van der Waals surface area contributed by atoms with Crippen LogP contribution in [-0.4, -0.2) is 32.6 Å². The number of thiophene rings is 1. The molecule has 0 unspecified atom stereocenters. The zero-order chi connectivity index (χ0) is 18.0. The first kappa shape index (κ1) is 17.4. The molecular weight excluding hydrogens is 332 g/mol. The molecule has 3 aromatic rings. The fourth-order valence-electron chi connectivity index (χ4n) is 2.88. The van der Waals surface area contributed by atoms with Crippen LogP contribution in [0.1, 0.15) is 40.9 Å². The van der Waals surface area contributed by atoms with Gasteiger partial charge < -0.3 is 9.47 Å². The number of rotatable bonds is 5. The molecule has 1 amide bonds. The maximum absolute atomic E-state index is 13.0. The molecule has 0 aliphatic carbocycles. The maximum atomic E-state index is 13.0. The van der Waals surface area contributed by atoms with Gasteiger partial charge in [-0.25, -0.2) is 0 Å². The monoisotopic (exact) mass is 354 g/mol. The third-order valence-electron chi connectivity index (χ3n) is 4.20. The van der Waals surface area contributed by atoms with Crippen LogP contribution in [-0.2, 0) is 6.54 Å². The average molecular weight is 354 g/mol. The molecule has 5 nitrogen and oxygen atoms in total. The van der Waals surface area contributed by atoms with Gasteiger partial charge in [0.05, 0.1) is 12.1 Å². The normalized spacial score (nSPS) is 11.1. The molecule has 0 saturated heterocycles. The van der Waals surface area contributed by atoms with Crippen LogP contribution < -0.4 is 0 Å². The molecule has 0 bridgehead atoms. The first-order valence-electron chi connectivity index (χ1n) is 8.26. The number of carbonyl (C=O) groups excluding carboxylic acids is 1. The molecule has 130 valence electrons. The standard InChI is InChI=1S/C19H22N4OS/c1-13(2)23-12-20-21-17(23)10-22(4)19(24)16-11-25-14(3)18(16)15-8-6-5-7-9-15/h5-9,11-13H,10H2,1-4H3. The fraction of sp³-hybridized carbons (Fsp3) is 0.316. The number of hydrogen-bond acceptors (Lipinski definition) is 4. The van der Waals surface area contributed by atoms with E-state index in [0.29, 0.717) is 6.54 Å². The molecule has 3 rings (SSSR count). The Morgan fingerprint density at radius 2 is 2.00 bits per heavy atom. The number of aromatic nitrogens is 3. The number of benzene rings is 1. The molecular formula is C19H22N4OS. The zero-order valence-electron chi connectivity index (χ0n) is 14.9. The Morgan fingerprint density at radius 1 is 1.28 bits per heavy atom. The van der Waals surface area contributed by atoms with Crippen molar-refractivity contribution in [2.75, 3.05) is 7.05 Å². The summed E-state index contributed by atoms with van der Waals surface area (Å²) in [5.41, 5.74) is 2.84. The van der Waals surface area contributed by atoms with Crippen molar-refractivity contribution in [3.8, 4) is 11.1 Å². The summed E-state index contributed by atoms with van der Waals surface area (Å²) in [5.74, 6) is 0.792. The van der Waals surface area contributed by atoms with Gasteiger partial charge in [0.15, 0.2) is 5.82 Å². The number of aryl methyl sites for hydroxylation is 1. The molecule has 0 aliphatic heterocycles. The van der Waals surface area contributed by atoms with Crippen LogP contribution in [0.15, 0.2) is 42.0 Å². The van der Waals surface area contributed by atoms with E-state index in [1.54, 1.807) is 22.6 Å². The summed E-state index contributed by atoms with van der Waals surface area (Å²) in [7, 11) is 1.81. The predicted molar refractivity (Wildman–Crippen MR) is 101 cm³/mol. The van der Waals surface area contributed by atoms with E-state index in [-0.39, 0.29) is 11.9 Å². The van der Waals surface area contributed by atoms with Gasteiger partial charge in [0.1, 0.15) is 6.33 Å². The van der Waals surface area contributed by atoms with Crippen LogP contribution in [0.4, 0.5) is 0 Å². The maximum Gasteiger partial charge on any atom is 0.255 e. The second kappa shape index (κ2) is 7.19. The average Bonchev–Trinajstić information content (AvgIpc) is 3.21. The SMILES string of the molecule is Cc1scc(C(=O)N(C)Cc2nncn2C(C)C)c1-c1ccccc1. The first-order chi connectivity index (χ1) is 12.0. The van der Waals surface area contributed by atoms with Crippen molar-refractivity contribution in [2.45, 2.75) is 33.4 Å². The Balaban J connectivity index is 1.88. The van der Waals surface area contributed by atoms with E-state index in [2.05, 4.69) is 31.0 Å². The molecule has 0 N–H and O–H groups in total. The van der Waals surface area contributed by atoms with Gasteiger partial charge in [0.25, 0.3) is 5.91 Å². The summed E-state index contributed by atoms with van der Waals surface area (Å²) in [5, 5.41) is 10.1. The molecule has 0 saturated carbocycles. The summed E-state index contributed by atoms with van der Waals surface area (Å²) in [4.78, 5) is 15.9. The lowest BCUT2D eigenvalue weighted by Gasteiger charge is -2.19. The second-order valence-electron chi connectivity index (χ2n) is 6.36. The van der Waals surface area contributed by atoms with E-state index in [1.807, 2.05) is 47.3 Å². The molecule has 2 aromatic heterocycles. The smallest absolute Gasteiger partial charge is 0.255 e. The Labute approximate surface area is 151 Å². The third-order valence-corrected chi connectivity index (χ3v) is 5.11. The molecule has 0 atom stereocenters. The minimum atomic E-state index is 0.00140. The summed E-state index contributed by atoms with van der Waals surface area (Å²) >= 11 is 1.61. The molecule has 0 radical (unpaired) electrons. The van der Waals surface area contributed by atoms with Gasteiger partial charge in [-0.05, 0) is 26.3 Å². The third kappa shape index (κ3) is 3.49. The largest absolute Gasteiger partial charge is 0.334 e. The molecule has 6 heteroatoms. The Kier molecular flexibility index (Phi) is 4.99. The highest BCUT2D eigenvalue weighted by Crippen LogP contribution is 2.33. The van der Waals surface area contributed by atoms with Crippen LogP contribution in [0.5, 0.6) is 0 Å². The molecule has 1 aromatic carbocycles. The quantitative estimate of drug-likeness (QED) is 0.691. The van der Waals surface area contributed by atoms with Crippen molar-refractivity contribution in [1.29, 1.82) is 0 Å². The van der Waals surface area contributed by atoms with Crippen molar-refractivity contribution in [3.05, 3.63) is 58.3 Å². The van der Waals surface area contributed by atoms with Crippen molar-refractivity contribution < 1.29 is 4.79 Å². The first-order valence-corrected chi connectivity index (χ1v) is 9.14. The van der Waals surface area contributed by atoms with Crippen LogP contribution in [0.2, 0.25) is 0 Å². The molecule has 2 heterocycles. The number of nitrogens with zero attached hydrogens (tertiary/aromatic N) is 4. The lowest BCUT2D eigenvalue weighted by Crippen LogP contribution is -2.28. The van der Waals surface area contributed by atoms with Crippen molar-refractivity contribution in [2.24, 2.45) is 0 Å². The van der Waals surface area contributed by atoms with Crippen LogP contribution in [0.3, 0.4) is 0 Å². The predicted octanol–water partition coefficient (Wildman–Crippen LogP) is 4.17. The van der Waals surface area contributed by atoms with E-state index in [1.165, 1.54) is 0 Å². The van der Waals surface area contributed by atoms with E-state index in [4.69, 9.17) is 0 Å². The second-order valence-corrected chi connectivity index (χ2v) is 7.44. The fourth-order valence-corrected chi connectivity index (χ4v) is 3.74. The molecule has 0 aliphatic rings. The number of carbonyl (C=O) groups is 1. The number of amides is 1. The van der Waals surface area contributed by atoms with E-state index in [9.17, 15) is 4.79 Å². The Morgan fingerprint density at radius 3 is 2.68 bits per heavy atom. The van der Waals surface area contributed by atoms with Gasteiger partial charge in [0, 0.05) is 28.9 Å². The summed E-state index contributed by atoms with van der Waals surface area (Å²) in [6.07, 6.45) is 1.71. The zero-order valence-corrected chi connectivity index (χ0v) is 15.7. The van der Waals surface area contributed by atoms with Gasteiger partial charge in [-0.1, -0.05) is 30.3 Å². The topological polar surface area (TPSA) is 51.0 Å². The van der Waals surface area contributed by atoms with Crippen LogP contribution in [0.25, 0.3) is 11.1 Å². The number of hydrogen-bond donors (Lipinski definition) is 0. The Bertz CT molecular complexity index is 867. The minimum absolute atomic E-state index is 0.00140. The molecule has 25 heavy (non-hydrogen) atoms. The summed E-state index contributed by atoms with van der Waals surface area (Å²) < 4.78 is 1.99. The van der Waals surface area contributed by atoms with Crippen molar-refractivity contribution in [3.63, 3.8) is 0 Å². The highest BCUT2D eigenvalue weighted by molar-refractivity contribution is 7.10. The van der Waals surface area contributed by atoms with Crippen molar-refractivity contribution >= 4 is 17.2 Å². The van der Waals surface area contributed by atoms with Gasteiger partial charge >= 0.3 is 0 Å². The molecule has 0 fully saturated rings. The van der Waals surface area contributed by atoms with E-state index < -0.39 is 0 Å². The van der Waals surface area contributed by atoms with Crippen molar-refractivity contribution in [1.82, 2.24) is 19.7 Å². The van der Waals surface area contributed by atoms with Gasteiger partial charge in [-0.15, -0.1) is 21.5 Å². The lowest BCUT2D eigenvalue weighted by atomic mass is 10.0. The minimum Gasteiger partial charge on any atom is -0.334 e. The van der Waals surface area contributed by atoms with E-state index >= 15 is 0 Å². The highest BCUT2D eigenvalue weighted by Gasteiger charge is 2.21. The highest BCUT2D eigenvalue weighted by atomic mass is 32.1. The van der Waals surface area contributed by atoms with Gasteiger partial charge in [-0.2, -0.15) is 0 Å². The lowest BCUT2D eigenvalue weighted by molar-refractivity contribution is 0.0780. The molecule has 0 spiro atoms. The van der Waals surface area contributed by atoms with E-state index in [0.717, 1.165) is 27.4 Å². The summed E-state index contributed by atoms with van der Waals surface area (Å²) in [6, 6.07) is 10.3. The Hall–Kier alpha value is -2.47.